The summed E-state index contributed by atoms with van der Waals surface area (Å²) >= 11 is 1.57. The number of hydrogen-bond donors (Lipinski definition) is 0. The van der Waals surface area contributed by atoms with Crippen molar-refractivity contribution in [2.24, 2.45) is 10.1 Å². The monoisotopic (exact) mass is 349 g/mol. The van der Waals surface area contributed by atoms with Crippen LogP contribution >= 0.6 is 11.3 Å². The zero-order chi connectivity index (χ0) is 17.7. The third kappa shape index (κ3) is 3.97. The Morgan fingerprint density at radius 2 is 1.67 bits per heavy atom. The fourth-order valence-electron chi connectivity index (χ4n) is 2.11. The molecule has 1 aromatic carbocycles. The zero-order valence-corrected chi connectivity index (χ0v) is 15.7. The van der Waals surface area contributed by atoms with E-state index in [4.69, 9.17) is 14.2 Å². The van der Waals surface area contributed by atoms with Gasteiger partial charge < -0.3 is 14.2 Å². The minimum atomic E-state index is 0.208. The lowest BCUT2D eigenvalue weighted by molar-refractivity contribution is 0.349. The quantitative estimate of drug-likeness (QED) is 0.753. The van der Waals surface area contributed by atoms with Crippen LogP contribution in [0.2, 0.25) is 0 Å². The summed E-state index contributed by atoms with van der Waals surface area (Å²) < 4.78 is 17.9. The van der Waals surface area contributed by atoms with Crippen LogP contribution in [0.1, 0.15) is 25.1 Å². The van der Waals surface area contributed by atoms with Crippen LogP contribution in [-0.2, 0) is 0 Å². The first-order valence-corrected chi connectivity index (χ1v) is 8.43. The molecule has 0 fully saturated rings. The molecule has 2 rings (SSSR count). The normalized spacial score (nSPS) is 12.2. The number of rotatable bonds is 6. The molecule has 0 radical (unpaired) electrons. The van der Waals surface area contributed by atoms with Gasteiger partial charge in [-0.1, -0.05) is 0 Å². The van der Waals surface area contributed by atoms with Crippen LogP contribution in [0, 0.1) is 6.92 Å². The minimum Gasteiger partial charge on any atom is -0.496 e. The van der Waals surface area contributed by atoms with Crippen LogP contribution in [0.25, 0.3) is 0 Å². The van der Waals surface area contributed by atoms with Crippen LogP contribution in [-0.4, -0.2) is 38.3 Å². The van der Waals surface area contributed by atoms with Gasteiger partial charge in [-0.2, -0.15) is 5.10 Å². The Kier molecular flexibility index (Phi) is 6.03. The van der Waals surface area contributed by atoms with E-state index >= 15 is 0 Å². The number of benzene rings is 1. The number of aromatic nitrogens is 1. The maximum Gasteiger partial charge on any atom is 0.206 e. The van der Waals surface area contributed by atoms with Gasteiger partial charge in [-0.15, -0.1) is 11.3 Å². The Balaban J connectivity index is 2.48. The second kappa shape index (κ2) is 8.01. The van der Waals surface area contributed by atoms with Gasteiger partial charge in [-0.05, 0) is 26.8 Å². The molecule has 0 aliphatic carbocycles. The van der Waals surface area contributed by atoms with Crippen molar-refractivity contribution in [1.29, 1.82) is 0 Å². The highest BCUT2D eigenvalue weighted by molar-refractivity contribution is 7.07. The van der Waals surface area contributed by atoms with Gasteiger partial charge in [-0.3, -0.25) is 4.99 Å². The molecule has 0 N–H and O–H groups in total. The van der Waals surface area contributed by atoms with E-state index in [-0.39, 0.29) is 6.04 Å². The van der Waals surface area contributed by atoms with Crippen molar-refractivity contribution in [3.05, 3.63) is 33.6 Å². The second-order valence-corrected chi connectivity index (χ2v) is 6.22. The summed E-state index contributed by atoms with van der Waals surface area (Å²) in [4.78, 5) is 5.45. The molecule has 0 aliphatic heterocycles. The Bertz CT molecular complexity index is 791. The third-order valence-corrected chi connectivity index (χ3v) is 4.22. The predicted octanol–water partition coefficient (Wildman–Crippen LogP) is 3.08. The molecule has 0 spiro atoms. The van der Waals surface area contributed by atoms with Crippen molar-refractivity contribution in [2.75, 3.05) is 21.3 Å². The number of thiazole rings is 1. The SMILES string of the molecule is COc1cc(OC)c(OC)cc1C=Nn1c(C)csc1=NC(C)C. The van der Waals surface area contributed by atoms with E-state index in [1.54, 1.807) is 44.9 Å². The van der Waals surface area contributed by atoms with Gasteiger partial charge in [0.05, 0.1) is 33.2 Å². The molecule has 24 heavy (non-hydrogen) atoms. The van der Waals surface area contributed by atoms with Crippen molar-refractivity contribution >= 4 is 17.6 Å². The van der Waals surface area contributed by atoms with Crippen LogP contribution in [0.4, 0.5) is 0 Å². The molecule has 0 unspecified atom stereocenters. The zero-order valence-electron chi connectivity index (χ0n) is 14.9. The van der Waals surface area contributed by atoms with Crippen molar-refractivity contribution < 1.29 is 14.2 Å². The molecular formula is C17H23N3O3S. The second-order valence-electron chi connectivity index (χ2n) is 5.39. The minimum absolute atomic E-state index is 0.208. The Morgan fingerprint density at radius 3 is 2.25 bits per heavy atom. The van der Waals surface area contributed by atoms with E-state index < -0.39 is 0 Å². The molecule has 6 nitrogen and oxygen atoms in total. The first-order valence-electron chi connectivity index (χ1n) is 7.55. The third-order valence-electron chi connectivity index (χ3n) is 3.27. The smallest absolute Gasteiger partial charge is 0.206 e. The molecule has 0 saturated carbocycles. The van der Waals surface area contributed by atoms with E-state index in [2.05, 4.69) is 10.1 Å². The largest absolute Gasteiger partial charge is 0.496 e. The fraction of sp³-hybridized carbons (Fsp3) is 0.412. The predicted molar refractivity (Wildman–Crippen MR) is 96.8 cm³/mol. The molecule has 0 saturated heterocycles. The number of methoxy groups -OCH3 is 3. The van der Waals surface area contributed by atoms with Gasteiger partial charge >= 0.3 is 0 Å². The summed E-state index contributed by atoms with van der Waals surface area (Å²) in [6, 6.07) is 3.83. The summed E-state index contributed by atoms with van der Waals surface area (Å²) in [5.74, 6) is 1.90. The molecule has 7 heteroatoms. The summed E-state index contributed by atoms with van der Waals surface area (Å²) in [7, 11) is 4.80. The van der Waals surface area contributed by atoms with Crippen LogP contribution in [0.3, 0.4) is 0 Å². The highest BCUT2D eigenvalue weighted by atomic mass is 32.1. The van der Waals surface area contributed by atoms with Gasteiger partial charge in [0.2, 0.25) is 4.80 Å². The van der Waals surface area contributed by atoms with Crippen molar-refractivity contribution in [3.63, 3.8) is 0 Å². The first kappa shape index (κ1) is 18.1. The standard InChI is InChI=1S/C17H23N3O3S/c1-11(2)19-17-20(12(3)10-24-17)18-9-13-7-15(22-5)16(23-6)8-14(13)21-4/h7-11H,1-6H3. The molecule has 0 aliphatic rings. The topological polar surface area (TPSA) is 57.3 Å². The molecule has 0 amide bonds. The van der Waals surface area contributed by atoms with Gasteiger partial charge in [0.25, 0.3) is 0 Å². The molecular weight excluding hydrogens is 326 g/mol. The van der Waals surface area contributed by atoms with Gasteiger partial charge in [0.1, 0.15) is 5.75 Å². The molecule has 130 valence electrons. The maximum absolute atomic E-state index is 5.43. The average Bonchev–Trinajstić information content (AvgIpc) is 2.91. The first-order chi connectivity index (χ1) is 11.5. The molecule has 1 aromatic heterocycles. The van der Waals surface area contributed by atoms with Crippen molar-refractivity contribution in [2.45, 2.75) is 26.8 Å². The Hall–Kier alpha value is -2.28. The van der Waals surface area contributed by atoms with E-state index in [1.807, 2.05) is 36.9 Å². The van der Waals surface area contributed by atoms with E-state index in [1.165, 1.54) is 0 Å². The highest BCUT2D eigenvalue weighted by Gasteiger charge is 2.10. The molecule has 0 atom stereocenters. The van der Waals surface area contributed by atoms with Crippen LogP contribution in [0.5, 0.6) is 17.2 Å². The molecule has 1 heterocycles. The van der Waals surface area contributed by atoms with E-state index in [0.717, 1.165) is 16.1 Å². The lowest BCUT2D eigenvalue weighted by Crippen LogP contribution is -2.14. The molecule has 2 aromatic rings. The lowest BCUT2D eigenvalue weighted by atomic mass is 10.2. The average molecular weight is 349 g/mol. The van der Waals surface area contributed by atoms with Crippen LogP contribution < -0.4 is 19.0 Å². The maximum atomic E-state index is 5.43. The van der Waals surface area contributed by atoms with Gasteiger partial charge in [-0.25, -0.2) is 4.68 Å². The van der Waals surface area contributed by atoms with Crippen molar-refractivity contribution in [1.82, 2.24) is 4.68 Å². The Morgan fingerprint density at radius 1 is 1.04 bits per heavy atom. The summed E-state index contributed by atoms with van der Waals surface area (Å²) in [5, 5.41) is 6.59. The highest BCUT2D eigenvalue weighted by Crippen LogP contribution is 2.33. The summed E-state index contributed by atoms with van der Waals surface area (Å²) in [6.45, 7) is 6.08. The Labute approximate surface area is 146 Å². The number of ether oxygens (including phenoxy) is 3. The van der Waals surface area contributed by atoms with Gasteiger partial charge in [0.15, 0.2) is 11.5 Å². The number of aryl methyl sites for hydroxylation is 1. The lowest BCUT2D eigenvalue weighted by Gasteiger charge is -2.11. The van der Waals surface area contributed by atoms with E-state index in [9.17, 15) is 0 Å². The number of nitrogens with zero attached hydrogens (tertiary/aromatic N) is 3. The summed E-state index contributed by atoms with van der Waals surface area (Å²) in [6.07, 6.45) is 1.74. The van der Waals surface area contributed by atoms with E-state index in [0.29, 0.717) is 17.2 Å². The molecule has 0 bridgehead atoms. The van der Waals surface area contributed by atoms with Gasteiger partial charge in [0, 0.05) is 23.1 Å². The van der Waals surface area contributed by atoms with Crippen molar-refractivity contribution in [3.8, 4) is 17.2 Å². The summed E-state index contributed by atoms with van der Waals surface area (Å²) in [5.41, 5.74) is 1.82. The fourth-order valence-corrected chi connectivity index (χ4v) is 3.05. The van der Waals surface area contributed by atoms with Crippen LogP contribution in [0.15, 0.2) is 27.6 Å². The number of hydrogen-bond acceptors (Lipinski definition) is 6.